The lowest BCUT2D eigenvalue weighted by Crippen LogP contribution is -2.61. The lowest BCUT2D eigenvalue weighted by molar-refractivity contribution is -0.200. The monoisotopic (exact) mass is 306 g/mol. The van der Waals surface area contributed by atoms with E-state index in [0.29, 0.717) is 5.57 Å². The number of rotatable bonds is 3. The highest BCUT2D eigenvalue weighted by Gasteiger charge is 2.67. The quantitative estimate of drug-likeness (QED) is 0.639. The van der Waals surface area contributed by atoms with Crippen LogP contribution in [0.5, 0.6) is 0 Å². The molecule has 4 rings (SSSR count). The van der Waals surface area contributed by atoms with Gasteiger partial charge < -0.3 is 9.84 Å². The molecule has 4 bridgehead atoms. The molecule has 122 valence electrons. The SMILES string of the molecule is COC(=O)C12CC3(C)CC(C)(CC(C=C(C)C(=O)O)(C3)C1)C2. The van der Waals surface area contributed by atoms with Gasteiger partial charge in [0.05, 0.1) is 12.5 Å². The van der Waals surface area contributed by atoms with E-state index in [9.17, 15) is 14.7 Å². The van der Waals surface area contributed by atoms with Gasteiger partial charge in [-0.1, -0.05) is 19.9 Å². The highest BCUT2D eigenvalue weighted by molar-refractivity contribution is 5.86. The summed E-state index contributed by atoms with van der Waals surface area (Å²) in [7, 11) is 1.47. The Kier molecular flexibility index (Phi) is 3.09. The minimum atomic E-state index is -0.863. The molecule has 4 fully saturated rings. The maximum Gasteiger partial charge on any atom is 0.330 e. The Balaban J connectivity index is 2.09. The Morgan fingerprint density at radius 2 is 1.55 bits per heavy atom. The van der Waals surface area contributed by atoms with Crippen LogP contribution in [-0.4, -0.2) is 24.2 Å². The fourth-order valence-electron chi connectivity index (χ4n) is 6.90. The number of esters is 1. The average molecular weight is 306 g/mol. The van der Waals surface area contributed by atoms with Crippen LogP contribution in [0.15, 0.2) is 11.6 Å². The van der Waals surface area contributed by atoms with Crippen LogP contribution < -0.4 is 0 Å². The molecule has 0 aromatic heterocycles. The van der Waals surface area contributed by atoms with E-state index < -0.39 is 11.4 Å². The van der Waals surface area contributed by atoms with E-state index >= 15 is 0 Å². The zero-order valence-corrected chi connectivity index (χ0v) is 14.0. The zero-order chi connectivity index (χ0) is 16.4. The molecule has 0 saturated heterocycles. The minimum absolute atomic E-state index is 0.102. The number of hydrogen-bond donors (Lipinski definition) is 1. The average Bonchev–Trinajstić information content (AvgIpc) is 2.32. The first-order chi connectivity index (χ1) is 10.1. The van der Waals surface area contributed by atoms with Gasteiger partial charge in [0.1, 0.15) is 0 Å². The van der Waals surface area contributed by atoms with Gasteiger partial charge in [-0.3, -0.25) is 4.79 Å². The van der Waals surface area contributed by atoms with Crippen LogP contribution in [0.3, 0.4) is 0 Å². The van der Waals surface area contributed by atoms with Crippen molar-refractivity contribution in [1.82, 2.24) is 0 Å². The number of carbonyl (C=O) groups is 2. The number of carbonyl (C=O) groups excluding carboxylic acids is 1. The van der Waals surface area contributed by atoms with Crippen molar-refractivity contribution in [3.8, 4) is 0 Å². The molecule has 1 N–H and O–H groups in total. The first-order valence-corrected chi connectivity index (χ1v) is 8.06. The predicted molar refractivity (Wildman–Crippen MR) is 82.2 cm³/mol. The Hall–Kier alpha value is -1.32. The first kappa shape index (κ1) is 15.6. The van der Waals surface area contributed by atoms with Crippen LogP contribution in [-0.2, 0) is 14.3 Å². The van der Waals surface area contributed by atoms with Gasteiger partial charge in [-0.25, -0.2) is 4.79 Å². The van der Waals surface area contributed by atoms with Crippen molar-refractivity contribution in [2.24, 2.45) is 21.7 Å². The summed E-state index contributed by atoms with van der Waals surface area (Å²) in [4.78, 5) is 23.8. The lowest BCUT2D eigenvalue weighted by atomic mass is 9.36. The number of carboxylic acid groups (broad SMARTS) is 1. The van der Waals surface area contributed by atoms with Gasteiger partial charge in [0.2, 0.25) is 0 Å². The number of ether oxygens (including phenoxy) is 1. The molecule has 22 heavy (non-hydrogen) atoms. The third-order valence-electron chi connectivity index (χ3n) is 6.11. The molecule has 4 heteroatoms. The molecular formula is C18H26O4. The van der Waals surface area contributed by atoms with Crippen LogP contribution in [0.1, 0.15) is 59.3 Å². The number of carboxylic acids is 1. The van der Waals surface area contributed by atoms with Gasteiger partial charge in [-0.15, -0.1) is 0 Å². The molecule has 4 aliphatic rings. The number of allylic oxidation sites excluding steroid dienone is 1. The van der Waals surface area contributed by atoms with Crippen LogP contribution in [0.4, 0.5) is 0 Å². The summed E-state index contributed by atoms with van der Waals surface area (Å²) in [5.74, 6) is -0.965. The van der Waals surface area contributed by atoms with Crippen LogP contribution in [0, 0.1) is 21.7 Å². The van der Waals surface area contributed by atoms with E-state index in [0.717, 1.165) is 38.5 Å². The Morgan fingerprint density at radius 3 is 2.00 bits per heavy atom. The lowest BCUT2D eigenvalue weighted by Gasteiger charge is -2.68. The second kappa shape index (κ2) is 4.36. The second-order valence-corrected chi connectivity index (χ2v) is 8.95. The maximum absolute atomic E-state index is 12.6. The normalized spacial score (nSPS) is 46.6. The van der Waals surface area contributed by atoms with Crippen LogP contribution in [0.2, 0.25) is 0 Å². The summed E-state index contributed by atoms with van der Waals surface area (Å²) in [6.07, 6.45) is 7.54. The van der Waals surface area contributed by atoms with Gasteiger partial charge in [0.25, 0.3) is 0 Å². The highest BCUT2D eigenvalue weighted by Crippen LogP contribution is 2.74. The maximum atomic E-state index is 12.6. The van der Waals surface area contributed by atoms with E-state index in [-0.39, 0.29) is 22.2 Å². The standard InChI is InChI=1S/C18H26O4/c1-12(13(19)20)5-17-7-15(2)6-16(3,8-17)10-18(9-15,11-17)14(21)22-4/h5H,6-11H2,1-4H3,(H,19,20). The van der Waals surface area contributed by atoms with E-state index in [2.05, 4.69) is 13.8 Å². The molecule has 4 nitrogen and oxygen atoms in total. The van der Waals surface area contributed by atoms with E-state index in [1.807, 2.05) is 6.08 Å². The Labute approximate surface area is 131 Å². The number of methoxy groups -OCH3 is 1. The van der Waals surface area contributed by atoms with Crippen LogP contribution >= 0.6 is 0 Å². The Morgan fingerprint density at radius 1 is 1.00 bits per heavy atom. The van der Waals surface area contributed by atoms with Crippen molar-refractivity contribution < 1.29 is 19.4 Å². The van der Waals surface area contributed by atoms with Crippen molar-refractivity contribution in [3.63, 3.8) is 0 Å². The summed E-state index contributed by atoms with van der Waals surface area (Å²) in [5.41, 5.74) is 0.00565. The van der Waals surface area contributed by atoms with E-state index in [1.165, 1.54) is 7.11 Å². The second-order valence-electron chi connectivity index (χ2n) is 8.95. The molecule has 4 aliphatic carbocycles. The number of hydrogen-bond acceptors (Lipinski definition) is 3. The molecule has 4 saturated carbocycles. The molecule has 0 aromatic rings. The van der Waals surface area contributed by atoms with Crippen molar-refractivity contribution in [2.75, 3.05) is 7.11 Å². The van der Waals surface area contributed by atoms with Crippen LogP contribution in [0.25, 0.3) is 0 Å². The topological polar surface area (TPSA) is 63.6 Å². The van der Waals surface area contributed by atoms with Crippen molar-refractivity contribution in [3.05, 3.63) is 11.6 Å². The number of aliphatic carboxylic acids is 1. The molecule has 0 spiro atoms. The summed E-state index contributed by atoms with van der Waals surface area (Å²) in [5, 5.41) is 9.27. The van der Waals surface area contributed by atoms with Crippen molar-refractivity contribution in [1.29, 1.82) is 0 Å². The van der Waals surface area contributed by atoms with Gasteiger partial charge >= 0.3 is 11.9 Å². The molecule has 0 aromatic carbocycles. The molecule has 0 amide bonds. The molecule has 0 heterocycles. The van der Waals surface area contributed by atoms with Gasteiger partial charge in [0, 0.05) is 5.57 Å². The molecular weight excluding hydrogens is 280 g/mol. The van der Waals surface area contributed by atoms with E-state index in [4.69, 9.17) is 4.74 Å². The fourth-order valence-corrected chi connectivity index (χ4v) is 6.90. The molecule has 0 aliphatic heterocycles. The smallest absolute Gasteiger partial charge is 0.330 e. The van der Waals surface area contributed by atoms with E-state index in [1.54, 1.807) is 6.92 Å². The van der Waals surface area contributed by atoms with Gasteiger partial charge in [-0.05, 0) is 61.7 Å². The molecule has 0 radical (unpaired) electrons. The van der Waals surface area contributed by atoms with Crippen molar-refractivity contribution in [2.45, 2.75) is 59.3 Å². The third-order valence-corrected chi connectivity index (χ3v) is 6.11. The predicted octanol–water partition coefficient (Wildman–Crippen LogP) is 3.56. The fraction of sp³-hybridized carbons (Fsp3) is 0.778. The largest absolute Gasteiger partial charge is 0.478 e. The zero-order valence-electron chi connectivity index (χ0n) is 14.0. The minimum Gasteiger partial charge on any atom is -0.478 e. The van der Waals surface area contributed by atoms with Gasteiger partial charge in [-0.2, -0.15) is 0 Å². The third kappa shape index (κ3) is 2.19. The first-order valence-electron chi connectivity index (χ1n) is 8.06. The highest BCUT2D eigenvalue weighted by atomic mass is 16.5. The summed E-state index contributed by atoms with van der Waals surface area (Å²) >= 11 is 0. The Bertz CT molecular complexity index is 556. The molecule has 2 atom stereocenters. The summed E-state index contributed by atoms with van der Waals surface area (Å²) in [6.45, 7) is 6.19. The molecule has 2 unspecified atom stereocenters. The van der Waals surface area contributed by atoms with Gasteiger partial charge in [0.15, 0.2) is 0 Å². The summed E-state index contributed by atoms with van der Waals surface area (Å²) in [6, 6.07) is 0. The summed E-state index contributed by atoms with van der Waals surface area (Å²) < 4.78 is 5.15. The van der Waals surface area contributed by atoms with Crippen molar-refractivity contribution >= 4 is 11.9 Å².